The van der Waals surface area contributed by atoms with Gasteiger partial charge in [0.05, 0.1) is 11.0 Å². The van der Waals surface area contributed by atoms with Crippen molar-refractivity contribution < 1.29 is 4.21 Å². The number of nitriles is 1. The third-order valence-corrected chi connectivity index (χ3v) is 3.45. The van der Waals surface area contributed by atoms with E-state index in [0.29, 0.717) is 0 Å². The van der Waals surface area contributed by atoms with Gasteiger partial charge in [-0.25, -0.2) is 8.51 Å². The molecule has 0 aliphatic rings. The average Bonchev–Trinajstić information content (AvgIpc) is 2.27. The largest absolute Gasteiger partial charge is 0.237 e. The van der Waals surface area contributed by atoms with Gasteiger partial charge < -0.3 is 0 Å². The van der Waals surface area contributed by atoms with Crippen LogP contribution in [0.4, 0.5) is 0 Å². The number of hydrogen-bond donors (Lipinski definition) is 0. The maximum absolute atomic E-state index is 11.8. The zero-order valence-corrected chi connectivity index (χ0v) is 8.99. The van der Waals surface area contributed by atoms with Gasteiger partial charge in [-0.1, -0.05) is 18.2 Å². The van der Waals surface area contributed by atoms with Crippen LogP contribution in [-0.2, 0) is 11.0 Å². The highest BCUT2D eigenvalue weighted by Crippen LogP contribution is 2.10. The van der Waals surface area contributed by atoms with E-state index in [1.165, 1.54) is 4.31 Å². The molecule has 1 rings (SSSR count). The Morgan fingerprint density at radius 2 is 2.00 bits per heavy atom. The topological polar surface area (TPSA) is 44.1 Å². The lowest BCUT2D eigenvalue weighted by Gasteiger charge is -2.17. The van der Waals surface area contributed by atoms with Gasteiger partial charge in [0.2, 0.25) is 0 Å². The van der Waals surface area contributed by atoms with Crippen LogP contribution in [0.15, 0.2) is 35.2 Å². The first-order valence-corrected chi connectivity index (χ1v) is 5.37. The van der Waals surface area contributed by atoms with Crippen molar-refractivity contribution in [2.45, 2.75) is 17.9 Å². The SMILES string of the molecule is CC(C#N)N(C)S(=O)c1ccccc1. The van der Waals surface area contributed by atoms with E-state index >= 15 is 0 Å². The van der Waals surface area contributed by atoms with Crippen molar-refractivity contribution in [3.8, 4) is 6.07 Å². The second-order valence-electron chi connectivity index (χ2n) is 2.91. The van der Waals surface area contributed by atoms with Crippen molar-refractivity contribution in [2.75, 3.05) is 7.05 Å². The minimum Gasteiger partial charge on any atom is -0.237 e. The van der Waals surface area contributed by atoms with Crippen molar-refractivity contribution in [3.05, 3.63) is 30.3 Å². The molecule has 1 aromatic rings. The van der Waals surface area contributed by atoms with E-state index in [0.717, 1.165) is 4.90 Å². The summed E-state index contributed by atoms with van der Waals surface area (Å²) in [7, 11) is 0.430. The van der Waals surface area contributed by atoms with E-state index in [4.69, 9.17) is 5.26 Å². The minimum atomic E-state index is -1.25. The van der Waals surface area contributed by atoms with Crippen LogP contribution in [0, 0.1) is 11.3 Å². The summed E-state index contributed by atoms with van der Waals surface area (Å²) >= 11 is 0. The molecule has 0 bridgehead atoms. The lowest BCUT2D eigenvalue weighted by atomic mass is 10.4. The first-order valence-electron chi connectivity index (χ1n) is 4.26. The first-order chi connectivity index (χ1) is 6.66. The smallest absolute Gasteiger partial charge is 0.128 e. The molecule has 0 aliphatic heterocycles. The molecule has 4 heteroatoms. The summed E-state index contributed by atoms with van der Waals surface area (Å²) in [6.07, 6.45) is 0. The molecular formula is C10H12N2OS. The van der Waals surface area contributed by atoms with Crippen molar-refractivity contribution in [3.63, 3.8) is 0 Å². The predicted octanol–water partition coefficient (Wildman–Crippen LogP) is 1.55. The lowest BCUT2D eigenvalue weighted by molar-refractivity contribution is 0.484. The number of benzene rings is 1. The number of rotatable bonds is 3. The summed E-state index contributed by atoms with van der Waals surface area (Å²) < 4.78 is 13.4. The highest BCUT2D eigenvalue weighted by Gasteiger charge is 2.15. The van der Waals surface area contributed by atoms with Crippen molar-refractivity contribution in [1.82, 2.24) is 4.31 Å². The monoisotopic (exact) mass is 208 g/mol. The summed E-state index contributed by atoms with van der Waals surface area (Å²) in [5.41, 5.74) is 0. The van der Waals surface area contributed by atoms with Crippen LogP contribution in [0.1, 0.15) is 6.92 Å². The Morgan fingerprint density at radius 1 is 1.43 bits per heavy atom. The van der Waals surface area contributed by atoms with Gasteiger partial charge >= 0.3 is 0 Å². The summed E-state index contributed by atoms with van der Waals surface area (Å²) in [4.78, 5) is 0.720. The fourth-order valence-electron chi connectivity index (χ4n) is 0.928. The predicted molar refractivity (Wildman–Crippen MR) is 55.7 cm³/mol. The van der Waals surface area contributed by atoms with Gasteiger partial charge in [0.25, 0.3) is 0 Å². The first kappa shape index (κ1) is 10.9. The van der Waals surface area contributed by atoms with E-state index in [9.17, 15) is 4.21 Å². The Balaban J connectivity index is 2.82. The van der Waals surface area contributed by atoms with Crippen LogP contribution >= 0.6 is 0 Å². The van der Waals surface area contributed by atoms with Gasteiger partial charge in [-0.05, 0) is 19.1 Å². The molecule has 0 fully saturated rings. The third kappa shape index (κ3) is 2.41. The minimum absolute atomic E-state index is 0.351. The van der Waals surface area contributed by atoms with Crippen LogP contribution in [0.3, 0.4) is 0 Å². The summed E-state index contributed by atoms with van der Waals surface area (Å²) in [6.45, 7) is 1.72. The number of nitrogens with zero attached hydrogens (tertiary/aromatic N) is 2. The standard InChI is InChI=1S/C10H12N2OS/c1-9(8-11)12(2)14(13)10-6-4-3-5-7-10/h3-7,9H,1-2H3. The summed E-state index contributed by atoms with van der Waals surface area (Å²) in [5, 5.41) is 8.67. The van der Waals surface area contributed by atoms with Crippen LogP contribution in [0.5, 0.6) is 0 Å². The number of hydrogen-bond acceptors (Lipinski definition) is 2. The molecule has 0 amide bonds. The highest BCUT2D eigenvalue weighted by atomic mass is 32.2. The molecule has 0 aromatic heterocycles. The molecular weight excluding hydrogens is 196 g/mol. The van der Waals surface area contributed by atoms with Crippen LogP contribution in [0.2, 0.25) is 0 Å². The van der Waals surface area contributed by atoms with E-state index in [1.54, 1.807) is 26.1 Å². The Morgan fingerprint density at radius 3 is 2.50 bits per heavy atom. The summed E-state index contributed by atoms with van der Waals surface area (Å²) in [6, 6.07) is 10.8. The molecule has 2 unspecified atom stereocenters. The maximum atomic E-state index is 11.8. The van der Waals surface area contributed by atoms with Gasteiger partial charge in [-0.2, -0.15) is 5.26 Å². The zero-order valence-electron chi connectivity index (χ0n) is 8.18. The maximum Gasteiger partial charge on any atom is 0.128 e. The fourth-order valence-corrected chi connectivity index (χ4v) is 1.98. The molecule has 0 spiro atoms. The Bertz CT molecular complexity index is 358. The zero-order chi connectivity index (χ0) is 10.6. The van der Waals surface area contributed by atoms with Crippen molar-refractivity contribution in [1.29, 1.82) is 5.26 Å². The van der Waals surface area contributed by atoms with Crippen molar-refractivity contribution >= 4 is 11.0 Å². The van der Waals surface area contributed by atoms with Gasteiger partial charge in [0.15, 0.2) is 0 Å². The van der Waals surface area contributed by atoms with Crippen LogP contribution < -0.4 is 0 Å². The molecule has 0 saturated carbocycles. The highest BCUT2D eigenvalue weighted by molar-refractivity contribution is 7.82. The van der Waals surface area contributed by atoms with Gasteiger partial charge in [-0.15, -0.1) is 0 Å². The molecule has 3 nitrogen and oxygen atoms in total. The molecule has 0 aliphatic carbocycles. The van der Waals surface area contributed by atoms with E-state index < -0.39 is 11.0 Å². The van der Waals surface area contributed by atoms with Gasteiger partial charge in [0, 0.05) is 7.05 Å². The van der Waals surface area contributed by atoms with Gasteiger partial charge in [0.1, 0.15) is 17.0 Å². The molecule has 0 saturated heterocycles. The Labute approximate surface area is 86.6 Å². The second-order valence-corrected chi connectivity index (χ2v) is 4.46. The molecule has 74 valence electrons. The molecule has 0 heterocycles. The lowest BCUT2D eigenvalue weighted by Crippen LogP contribution is -2.29. The normalized spacial score (nSPS) is 14.7. The van der Waals surface area contributed by atoms with Crippen LogP contribution in [0.25, 0.3) is 0 Å². The second kappa shape index (κ2) is 4.89. The third-order valence-electron chi connectivity index (χ3n) is 1.94. The quantitative estimate of drug-likeness (QED) is 0.756. The van der Waals surface area contributed by atoms with E-state index in [1.807, 2.05) is 24.3 Å². The molecule has 1 aromatic carbocycles. The van der Waals surface area contributed by atoms with Gasteiger partial charge in [-0.3, -0.25) is 0 Å². The van der Waals surface area contributed by atoms with Crippen molar-refractivity contribution in [2.24, 2.45) is 0 Å². The fraction of sp³-hybridized carbons (Fsp3) is 0.300. The van der Waals surface area contributed by atoms with E-state index in [-0.39, 0.29) is 6.04 Å². The molecule has 2 atom stereocenters. The average molecular weight is 208 g/mol. The molecule has 0 radical (unpaired) electrons. The Kier molecular flexibility index (Phi) is 3.81. The Hall–Kier alpha value is -1.18. The molecule has 0 N–H and O–H groups in total. The van der Waals surface area contributed by atoms with Crippen LogP contribution in [-0.4, -0.2) is 21.6 Å². The van der Waals surface area contributed by atoms with E-state index in [2.05, 4.69) is 0 Å². The summed E-state index contributed by atoms with van der Waals surface area (Å²) in [5.74, 6) is 0. The molecule has 14 heavy (non-hydrogen) atoms.